The van der Waals surface area contributed by atoms with Gasteiger partial charge in [-0.25, -0.2) is 0 Å². The van der Waals surface area contributed by atoms with Gasteiger partial charge in [-0.15, -0.1) is 0 Å². The molecule has 1 atom stereocenters. The third-order valence-electron chi connectivity index (χ3n) is 3.71. The van der Waals surface area contributed by atoms with Crippen molar-refractivity contribution in [1.29, 1.82) is 0 Å². The number of benzene rings is 1. The second kappa shape index (κ2) is 8.18. The summed E-state index contributed by atoms with van der Waals surface area (Å²) in [7, 11) is 0. The Balaban J connectivity index is 2.82. The van der Waals surface area contributed by atoms with Crippen LogP contribution in [0.1, 0.15) is 64.5 Å². The van der Waals surface area contributed by atoms with E-state index in [1.54, 1.807) is 0 Å². The molecule has 4 nitrogen and oxygen atoms in total. The molecule has 0 saturated carbocycles. The molecule has 0 aliphatic rings. The predicted octanol–water partition coefficient (Wildman–Crippen LogP) is 3.80. The van der Waals surface area contributed by atoms with Crippen molar-refractivity contribution < 1.29 is 14.3 Å². The maximum atomic E-state index is 11.8. The number of rotatable bonds is 7. The van der Waals surface area contributed by atoms with Gasteiger partial charge >= 0.3 is 5.97 Å². The molecule has 0 radical (unpaired) electrons. The highest BCUT2D eigenvalue weighted by atomic mass is 16.7. The third-order valence-corrected chi connectivity index (χ3v) is 3.71. The number of carbonyl (C=O) groups excluding carboxylic acids is 1. The van der Waals surface area contributed by atoms with Gasteiger partial charge in [-0.2, -0.15) is 0 Å². The van der Waals surface area contributed by atoms with Crippen LogP contribution in [0.3, 0.4) is 0 Å². The summed E-state index contributed by atoms with van der Waals surface area (Å²) in [6.07, 6.45) is 0. The van der Waals surface area contributed by atoms with Crippen LogP contribution in [0.4, 0.5) is 0 Å². The van der Waals surface area contributed by atoms with Crippen molar-refractivity contribution in [2.75, 3.05) is 6.79 Å². The fraction of sp³-hybridized carbons (Fsp3) is 0.611. The van der Waals surface area contributed by atoms with Gasteiger partial charge in [0, 0.05) is 0 Å². The van der Waals surface area contributed by atoms with Crippen LogP contribution in [-0.4, -0.2) is 18.8 Å². The molecule has 1 rings (SSSR count). The molecule has 1 unspecified atom stereocenters. The van der Waals surface area contributed by atoms with Gasteiger partial charge in [0.2, 0.25) is 6.79 Å². The molecule has 0 aliphatic carbocycles. The summed E-state index contributed by atoms with van der Waals surface area (Å²) in [5.74, 6) is 1.10. The number of carbonyl (C=O) groups is 1. The number of para-hydroxylation sites is 1. The molecule has 22 heavy (non-hydrogen) atoms. The monoisotopic (exact) mass is 307 g/mol. The first-order valence-electron chi connectivity index (χ1n) is 7.93. The van der Waals surface area contributed by atoms with Crippen molar-refractivity contribution >= 4 is 5.97 Å². The Morgan fingerprint density at radius 2 is 1.55 bits per heavy atom. The topological polar surface area (TPSA) is 61.5 Å². The Labute approximate surface area is 134 Å². The van der Waals surface area contributed by atoms with E-state index in [0.717, 1.165) is 16.9 Å². The predicted molar refractivity (Wildman–Crippen MR) is 89.0 cm³/mol. The molecule has 2 N–H and O–H groups in total. The van der Waals surface area contributed by atoms with Crippen LogP contribution in [0.2, 0.25) is 0 Å². The Morgan fingerprint density at radius 1 is 1.05 bits per heavy atom. The van der Waals surface area contributed by atoms with Gasteiger partial charge in [-0.3, -0.25) is 4.79 Å². The molecule has 0 saturated heterocycles. The van der Waals surface area contributed by atoms with Crippen molar-refractivity contribution in [2.45, 2.75) is 59.4 Å². The first-order valence-corrected chi connectivity index (χ1v) is 7.93. The first kappa shape index (κ1) is 18.5. The highest BCUT2D eigenvalue weighted by molar-refractivity contribution is 5.75. The molecule has 0 aliphatic heterocycles. The van der Waals surface area contributed by atoms with Gasteiger partial charge in [0.25, 0.3) is 0 Å². The van der Waals surface area contributed by atoms with Gasteiger partial charge in [-0.05, 0) is 28.9 Å². The smallest absolute Gasteiger partial charge is 0.326 e. The number of nitrogens with two attached hydrogens (primary N) is 1. The van der Waals surface area contributed by atoms with E-state index in [4.69, 9.17) is 15.2 Å². The lowest BCUT2D eigenvalue weighted by Crippen LogP contribution is -2.37. The molecule has 0 heterocycles. The average molecular weight is 307 g/mol. The van der Waals surface area contributed by atoms with Crippen molar-refractivity contribution in [3.63, 3.8) is 0 Å². The zero-order valence-electron chi connectivity index (χ0n) is 14.6. The molecular weight excluding hydrogens is 278 g/mol. The maximum absolute atomic E-state index is 11.8. The Bertz CT molecular complexity index is 469. The van der Waals surface area contributed by atoms with Crippen molar-refractivity contribution in [1.82, 2.24) is 0 Å². The van der Waals surface area contributed by atoms with Gasteiger partial charge in [0.15, 0.2) is 0 Å². The Kier molecular flexibility index (Phi) is 6.88. The van der Waals surface area contributed by atoms with Crippen LogP contribution in [-0.2, 0) is 9.53 Å². The number of hydrogen-bond donors (Lipinski definition) is 1. The number of hydrogen-bond acceptors (Lipinski definition) is 4. The first-order chi connectivity index (χ1) is 10.3. The van der Waals surface area contributed by atoms with Gasteiger partial charge in [0.1, 0.15) is 11.8 Å². The lowest BCUT2D eigenvalue weighted by molar-refractivity contribution is -0.152. The summed E-state index contributed by atoms with van der Waals surface area (Å²) < 4.78 is 10.9. The van der Waals surface area contributed by atoms with Crippen LogP contribution >= 0.6 is 0 Å². The minimum absolute atomic E-state index is 0.0432. The summed E-state index contributed by atoms with van der Waals surface area (Å²) in [5, 5.41) is 0. The van der Waals surface area contributed by atoms with E-state index >= 15 is 0 Å². The minimum atomic E-state index is -0.617. The summed E-state index contributed by atoms with van der Waals surface area (Å²) in [5.41, 5.74) is 8.01. The Hall–Kier alpha value is -1.55. The van der Waals surface area contributed by atoms with E-state index in [2.05, 4.69) is 27.7 Å². The highest BCUT2D eigenvalue weighted by Gasteiger charge is 2.20. The summed E-state index contributed by atoms with van der Waals surface area (Å²) in [4.78, 5) is 11.8. The SMILES string of the molecule is CC(C)c1cccc(C(C)C)c1OCOC(=O)C(N)C(C)C. The molecule has 0 aromatic heterocycles. The molecule has 0 fully saturated rings. The maximum Gasteiger partial charge on any atom is 0.326 e. The second-order valence-corrected chi connectivity index (χ2v) is 6.57. The van der Waals surface area contributed by atoms with E-state index in [1.807, 2.05) is 32.0 Å². The molecule has 1 aromatic carbocycles. The zero-order chi connectivity index (χ0) is 16.9. The second-order valence-electron chi connectivity index (χ2n) is 6.57. The minimum Gasteiger partial charge on any atom is -0.457 e. The molecule has 0 spiro atoms. The van der Waals surface area contributed by atoms with Crippen LogP contribution in [0, 0.1) is 5.92 Å². The standard InChI is InChI=1S/C18H29NO3/c1-11(2)14-8-7-9-15(12(3)4)17(14)21-10-22-18(20)16(19)13(5)6/h7-9,11-13,16H,10,19H2,1-6H3. The lowest BCUT2D eigenvalue weighted by atomic mass is 9.94. The van der Waals surface area contributed by atoms with E-state index in [1.165, 1.54) is 0 Å². The molecule has 1 aromatic rings. The zero-order valence-corrected chi connectivity index (χ0v) is 14.6. The van der Waals surface area contributed by atoms with Gasteiger partial charge in [-0.1, -0.05) is 59.7 Å². The largest absolute Gasteiger partial charge is 0.457 e. The van der Waals surface area contributed by atoms with E-state index in [-0.39, 0.29) is 12.7 Å². The molecule has 0 bridgehead atoms. The number of ether oxygens (including phenoxy) is 2. The molecular formula is C18H29NO3. The lowest BCUT2D eigenvalue weighted by Gasteiger charge is -2.20. The van der Waals surface area contributed by atoms with E-state index in [9.17, 15) is 4.79 Å². The Morgan fingerprint density at radius 3 is 1.95 bits per heavy atom. The molecule has 0 amide bonds. The summed E-state index contributed by atoms with van der Waals surface area (Å²) in [6, 6.07) is 5.52. The van der Waals surface area contributed by atoms with E-state index in [0.29, 0.717) is 11.8 Å². The van der Waals surface area contributed by atoms with Crippen LogP contribution in [0.15, 0.2) is 18.2 Å². The van der Waals surface area contributed by atoms with E-state index < -0.39 is 12.0 Å². The van der Waals surface area contributed by atoms with Gasteiger partial charge in [0.05, 0.1) is 0 Å². The normalized spacial score (nSPS) is 12.8. The summed E-state index contributed by atoms with van der Waals surface area (Å²) >= 11 is 0. The van der Waals surface area contributed by atoms with Crippen molar-refractivity contribution in [3.05, 3.63) is 29.3 Å². The number of esters is 1. The van der Waals surface area contributed by atoms with Crippen LogP contribution < -0.4 is 10.5 Å². The van der Waals surface area contributed by atoms with Gasteiger partial charge < -0.3 is 15.2 Å². The summed E-state index contributed by atoms with van der Waals surface area (Å²) in [6.45, 7) is 12.1. The fourth-order valence-corrected chi connectivity index (χ4v) is 2.16. The molecule has 124 valence electrons. The third kappa shape index (κ3) is 4.73. The average Bonchev–Trinajstić information content (AvgIpc) is 2.45. The highest BCUT2D eigenvalue weighted by Crippen LogP contribution is 2.34. The van der Waals surface area contributed by atoms with Crippen LogP contribution in [0.5, 0.6) is 5.75 Å². The quantitative estimate of drug-likeness (QED) is 0.615. The van der Waals surface area contributed by atoms with Crippen LogP contribution in [0.25, 0.3) is 0 Å². The van der Waals surface area contributed by atoms with Crippen molar-refractivity contribution in [2.24, 2.45) is 11.7 Å². The fourth-order valence-electron chi connectivity index (χ4n) is 2.16. The van der Waals surface area contributed by atoms with Crippen molar-refractivity contribution in [3.8, 4) is 5.75 Å². The molecule has 4 heteroatoms.